The van der Waals surface area contributed by atoms with Gasteiger partial charge in [0.1, 0.15) is 6.04 Å². The van der Waals surface area contributed by atoms with E-state index in [4.69, 9.17) is 9.63 Å². The van der Waals surface area contributed by atoms with E-state index in [1.807, 2.05) is 0 Å². The van der Waals surface area contributed by atoms with Crippen molar-refractivity contribution in [3.63, 3.8) is 0 Å². The van der Waals surface area contributed by atoms with Crippen molar-refractivity contribution in [2.45, 2.75) is 37.5 Å². The Morgan fingerprint density at radius 2 is 2.32 bits per heavy atom. The molecular formula is C11H15N3O4S. The van der Waals surface area contributed by atoms with E-state index in [2.05, 4.69) is 15.5 Å². The molecule has 1 aliphatic carbocycles. The molecule has 1 aliphatic rings. The second kappa shape index (κ2) is 6.05. The first-order valence-electron chi connectivity index (χ1n) is 5.96. The SMILES string of the molecule is CC(=O)NC(CSCc1noc(C2CC2)n1)C(=O)O. The lowest BCUT2D eigenvalue weighted by atomic mass is 10.3. The van der Waals surface area contributed by atoms with Gasteiger partial charge in [-0.2, -0.15) is 16.7 Å². The molecule has 7 nitrogen and oxygen atoms in total. The molecule has 2 rings (SSSR count). The molecule has 1 atom stereocenters. The Labute approximate surface area is 114 Å². The standard InChI is InChI=1S/C11H15N3O4S/c1-6(15)12-8(11(16)17)4-19-5-9-13-10(18-14-9)7-2-3-7/h7-8H,2-5H2,1H3,(H,12,15)(H,16,17). The van der Waals surface area contributed by atoms with E-state index in [0.29, 0.717) is 23.4 Å². The van der Waals surface area contributed by atoms with Gasteiger partial charge in [0.05, 0.1) is 5.75 Å². The molecule has 1 heterocycles. The molecule has 19 heavy (non-hydrogen) atoms. The average Bonchev–Trinajstić information content (AvgIpc) is 3.08. The predicted octanol–water partition coefficient (Wildman–Crippen LogP) is 0.770. The second-order valence-electron chi connectivity index (χ2n) is 4.43. The molecule has 1 fully saturated rings. The third kappa shape index (κ3) is 4.23. The maximum Gasteiger partial charge on any atom is 0.327 e. The van der Waals surface area contributed by atoms with Crippen LogP contribution in [0.4, 0.5) is 0 Å². The lowest BCUT2D eigenvalue weighted by Crippen LogP contribution is -2.41. The topological polar surface area (TPSA) is 105 Å². The van der Waals surface area contributed by atoms with Crippen molar-refractivity contribution in [1.82, 2.24) is 15.5 Å². The van der Waals surface area contributed by atoms with Gasteiger partial charge in [-0.15, -0.1) is 0 Å². The maximum atomic E-state index is 10.9. The largest absolute Gasteiger partial charge is 0.480 e. The second-order valence-corrected chi connectivity index (χ2v) is 5.46. The minimum atomic E-state index is -1.05. The van der Waals surface area contributed by atoms with Crippen LogP contribution in [0.2, 0.25) is 0 Å². The van der Waals surface area contributed by atoms with Crippen LogP contribution in [-0.2, 0) is 15.3 Å². The summed E-state index contributed by atoms with van der Waals surface area (Å²) in [6, 6.07) is -0.891. The highest BCUT2D eigenvalue weighted by atomic mass is 32.2. The van der Waals surface area contributed by atoms with Gasteiger partial charge in [0.25, 0.3) is 0 Å². The number of aromatic nitrogens is 2. The molecule has 0 spiro atoms. The van der Waals surface area contributed by atoms with Crippen LogP contribution in [0.15, 0.2) is 4.52 Å². The van der Waals surface area contributed by atoms with Crippen molar-refractivity contribution in [1.29, 1.82) is 0 Å². The van der Waals surface area contributed by atoms with Gasteiger partial charge in [-0.05, 0) is 12.8 Å². The molecule has 8 heteroatoms. The van der Waals surface area contributed by atoms with E-state index in [1.165, 1.54) is 18.7 Å². The van der Waals surface area contributed by atoms with Crippen LogP contribution in [0, 0.1) is 0 Å². The van der Waals surface area contributed by atoms with Crippen LogP contribution in [0.5, 0.6) is 0 Å². The average molecular weight is 285 g/mol. The summed E-state index contributed by atoms with van der Waals surface area (Å²) in [7, 11) is 0. The van der Waals surface area contributed by atoms with Crippen LogP contribution < -0.4 is 5.32 Å². The lowest BCUT2D eigenvalue weighted by molar-refractivity contribution is -0.140. The zero-order valence-corrected chi connectivity index (χ0v) is 11.3. The normalized spacial score (nSPS) is 16.1. The molecular weight excluding hydrogens is 270 g/mol. The van der Waals surface area contributed by atoms with Gasteiger partial charge in [-0.3, -0.25) is 4.79 Å². The van der Waals surface area contributed by atoms with Crippen molar-refractivity contribution in [3.8, 4) is 0 Å². The van der Waals surface area contributed by atoms with Gasteiger partial charge in [0.15, 0.2) is 5.82 Å². The Hall–Kier alpha value is -1.57. The smallest absolute Gasteiger partial charge is 0.327 e. The number of carboxylic acid groups (broad SMARTS) is 1. The van der Waals surface area contributed by atoms with Gasteiger partial charge in [0.2, 0.25) is 11.8 Å². The van der Waals surface area contributed by atoms with Crippen molar-refractivity contribution < 1.29 is 19.2 Å². The van der Waals surface area contributed by atoms with Crippen LogP contribution in [0.1, 0.15) is 37.4 Å². The fourth-order valence-electron chi connectivity index (χ4n) is 1.51. The number of aliphatic carboxylic acids is 1. The van der Waals surface area contributed by atoms with Gasteiger partial charge >= 0.3 is 5.97 Å². The van der Waals surface area contributed by atoms with E-state index in [0.717, 1.165) is 12.8 Å². The first kappa shape index (κ1) is 13.9. The van der Waals surface area contributed by atoms with E-state index < -0.39 is 12.0 Å². The van der Waals surface area contributed by atoms with Crippen LogP contribution in [-0.4, -0.2) is 38.9 Å². The van der Waals surface area contributed by atoms with Gasteiger partial charge in [0, 0.05) is 18.6 Å². The van der Waals surface area contributed by atoms with E-state index in [-0.39, 0.29) is 11.7 Å². The van der Waals surface area contributed by atoms with Crippen LogP contribution in [0.25, 0.3) is 0 Å². The Balaban J connectivity index is 1.77. The Bertz CT molecular complexity index is 472. The summed E-state index contributed by atoms with van der Waals surface area (Å²) in [5.74, 6) is 0.989. The Kier molecular flexibility index (Phi) is 4.41. The molecule has 0 radical (unpaired) electrons. The third-order valence-electron chi connectivity index (χ3n) is 2.60. The molecule has 104 valence electrons. The summed E-state index contributed by atoms with van der Waals surface area (Å²) in [5, 5.41) is 15.1. The zero-order chi connectivity index (χ0) is 13.8. The summed E-state index contributed by atoms with van der Waals surface area (Å²) in [4.78, 5) is 26.0. The molecule has 1 saturated carbocycles. The molecule has 1 unspecified atom stereocenters. The summed E-state index contributed by atoms with van der Waals surface area (Å²) >= 11 is 1.35. The van der Waals surface area contributed by atoms with Crippen molar-refractivity contribution in [3.05, 3.63) is 11.7 Å². The summed E-state index contributed by atoms with van der Waals surface area (Å²) < 4.78 is 5.10. The Morgan fingerprint density at radius 3 is 2.89 bits per heavy atom. The molecule has 0 aliphatic heterocycles. The van der Waals surface area contributed by atoms with Gasteiger partial charge < -0.3 is 14.9 Å². The van der Waals surface area contributed by atoms with Crippen molar-refractivity contribution in [2.24, 2.45) is 0 Å². The van der Waals surface area contributed by atoms with Crippen LogP contribution >= 0.6 is 11.8 Å². The molecule has 0 saturated heterocycles. The fraction of sp³-hybridized carbons (Fsp3) is 0.636. The Morgan fingerprint density at radius 1 is 1.58 bits per heavy atom. The first-order chi connectivity index (χ1) is 9.06. The van der Waals surface area contributed by atoms with Crippen molar-refractivity contribution in [2.75, 3.05) is 5.75 Å². The maximum absolute atomic E-state index is 10.9. The predicted molar refractivity (Wildman–Crippen MR) is 67.7 cm³/mol. The molecule has 1 aromatic rings. The third-order valence-corrected chi connectivity index (χ3v) is 3.63. The highest BCUT2D eigenvalue weighted by Gasteiger charge is 2.29. The number of nitrogens with one attached hydrogen (secondary N) is 1. The van der Waals surface area contributed by atoms with Crippen molar-refractivity contribution >= 4 is 23.6 Å². The molecule has 0 aromatic carbocycles. The number of rotatable bonds is 7. The molecule has 0 bridgehead atoms. The van der Waals surface area contributed by atoms with E-state index in [9.17, 15) is 9.59 Å². The zero-order valence-electron chi connectivity index (χ0n) is 10.5. The number of carboxylic acids is 1. The van der Waals surface area contributed by atoms with Gasteiger partial charge in [-0.25, -0.2) is 4.79 Å². The van der Waals surface area contributed by atoms with Gasteiger partial charge in [-0.1, -0.05) is 5.16 Å². The highest BCUT2D eigenvalue weighted by molar-refractivity contribution is 7.98. The molecule has 2 N–H and O–H groups in total. The summed E-state index contributed by atoms with van der Waals surface area (Å²) in [5.41, 5.74) is 0. The number of hydrogen-bond acceptors (Lipinski definition) is 6. The summed E-state index contributed by atoms with van der Waals surface area (Å²) in [6.45, 7) is 1.29. The number of hydrogen-bond donors (Lipinski definition) is 2. The number of carbonyl (C=O) groups excluding carboxylic acids is 1. The lowest BCUT2D eigenvalue weighted by Gasteiger charge is -2.11. The number of thioether (sulfide) groups is 1. The quantitative estimate of drug-likeness (QED) is 0.762. The number of amides is 1. The minimum Gasteiger partial charge on any atom is -0.480 e. The minimum absolute atomic E-state index is 0.266. The first-order valence-corrected chi connectivity index (χ1v) is 7.12. The monoisotopic (exact) mass is 285 g/mol. The van der Waals surface area contributed by atoms with E-state index in [1.54, 1.807) is 0 Å². The fourth-order valence-corrected chi connectivity index (χ4v) is 2.39. The molecule has 1 aromatic heterocycles. The summed E-state index contributed by atoms with van der Waals surface area (Å²) in [6.07, 6.45) is 2.19. The van der Waals surface area contributed by atoms with E-state index >= 15 is 0 Å². The number of carbonyl (C=O) groups is 2. The molecule has 1 amide bonds. The van der Waals surface area contributed by atoms with Crippen LogP contribution in [0.3, 0.4) is 0 Å². The highest BCUT2D eigenvalue weighted by Crippen LogP contribution is 2.38. The number of nitrogens with zero attached hydrogens (tertiary/aromatic N) is 2.